The summed E-state index contributed by atoms with van der Waals surface area (Å²) in [5.41, 5.74) is 4.24. The number of ether oxygens (including phenoxy) is 1. The minimum atomic E-state index is -3.31. The monoisotopic (exact) mass is 301 g/mol. The zero-order valence-electron chi connectivity index (χ0n) is 11.7. The summed E-state index contributed by atoms with van der Waals surface area (Å²) in [6, 6.07) is 6.05. The molecule has 0 bridgehead atoms. The van der Waals surface area contributed by atoms with E-state index < -0.39 is 27.4 Å². The van der Waals surface area contributed by atoms with Crippen molar-refractivity contribution in [3.05, 3.63) is 24.3 Å². The Labute approximate surface area is 118 Å². The van der Waals surface area contributed by atoms with E-state index in [0.717, 1.165) is 6.26 Å². The highest BCUT2D eigenvalue weighted by Gasteiger charge is 2.30. The van der Waals surface area contributed by atoms with Crippen molar-refractivity contribution in [3.63, 3.8) is 0 Å². The van der Waals surface area contributed by atoms with Crippen molar-refractivity contribution >= 4 is 15.8 Å². The minimum Gasteiger partial charge on any atom is -0.491 e. The lowest BCUT2D eigenvalue weighted by Gasteiger charge is -2.24. The number of rotatable bonds is 6. The predicted octanol–water partition coefficient (Wildman–Crippen LogP) is 1.05. The predicted molar refractivity (Wildman–Crippen MR) is 74.5 cm³/mol. The molecular weight excluding hydrogens is 282 g/mol. The van der Waals surface area contributed by atoms with E-state index in [1.165, 1.54) is 19.1 Å². The van der Waals surface area contributed by atoms with Crippen molar-refractivity contribution < 1.29 is 23.1 Å². The van der Waals surface area contributed by atoms with E-state index in [2.05, 4.69) is 0 Å². The van der Waals surface area contributed by atoms with Gasteiger partial charge in [-0.05, 0) is 32.0 Å². The van der Waals surface area contributed by atoms with Gasteiger partial charge in [0.2, 0.25) is 0 Å². The maximum absolute atomic E-state index is 11.4. The molecule has 0 saturated heterocycles. The van der Waals surface area contributed by atoms with Gasteiger partial charge in [0.05, 0.1) is 11.0 Å². The van der Waals surface area contributed by atoms with Crippen LogP contribution in [0, 0.1) is 0 Å². The Bertz CT molecular complexity index is 595. The van der Waals surface area contributed by atoms with Gasteiger partial charge in [0.1, 0.15) is 11.3 Å². The molecule has 0 aromatic heterocycles. The van der Waals surface area contributed by atoms with Crippen LogP contribution >= 0.6 is 0 Å². The number of benzene rings is 1. The number of carboxylic acids is 1. The molecule has 112 valence electrons. The van der Waals surface area contributed by atoms with E-state index in [4.69, 9.17) is 15.6 Å². The second kappa shape index (κ2) is 5.80. The Morgan fingerprint density at radius 3 is 2.60 bits per heavy atom. The van der Waals surface area contributed by atoms with Crippen LogP contribution < -0.4 is 10.5 Å². The van der Waals surface area contributed by atoms with Crippen LogP contribution in [0.2, 0.25) is 0 Å². The summed E-state index contributed by atoms with van der Waals surface area (Å²) in [6.07, 6.45) is 0.749. The summed E-state index contributed by atoms with van der Waals surface area (Å²) in [5.74, 6) is -0.751. The highest BCUT2D eigenvalue weighted by molar-refractivity contribution is 7.90. The van der Waals surface area contributed by atoms with Gasteiger partial charge in [-0.2, -0.15) is 0 Å². The third-order valence-corrected chi connectivity index (χ3v) is 3.88. The molecule has 6 nitrogen and oxygen atoms in total. The molecule has 1 aromatic rings. The van der Waals surface area contributed by atoms with Crippen LogP contribution in [0.5, 0.6) is 5.75 Å². The molecule has 2 atom stereocenters. The SMILES string of the molecule is CC(CC(C)(N)C(=O)O)Oc1cccc(S(C)(=O)=O)c1. The van der Waals surface area contributed by atoms with E-state index in [-0.39, 0.29) is 11.3 Å². The van der Waals surface area contributed by atoms with Gasteiger partial charge in [-0.15, -0.1) is 0 Å². The van der Waals surface area contributed by atoms with Gasteiger partial charge in [-0.3, -0.25) is 4.79 Å². The summed E-state index contributed by atoms with van der Waals surface area (Å²) in [7, 11) is -3.31. The standard InChI is InChI=1S/C13H19NO5S/c1-9(8-13(2,14)12(15)16)19-10-5-4-6-11(7-10)20(3,17)18/h4-7,9H,8,14H2,1-3H3,(H,15,16). The summed E-state index contributed by atoms with van der Waals surface area (Å²) in [4.78, 5) is 11.1. The average molecular weight is 301 g/mol. The van der Waals surface area contributed by atoms with Crippen molar-refractivity contribution in [1.82, 2.24) is 0 Å². The Balaban J connectivity index is 2.82. The lowest BCUT2D eigenvalue weighted by molar-refractivity contribution is -0.143. The van der Waals surface area contributed by atoms with E-state index in [9.17, 15) is 13.2 Å². The molecule has 0 aliphatic rings. The molecule has 0 amide bonds. The number of carbonyl (C=O) groups is 1. The van der Waals surface area contributed by atoms with Crippen LogP contribution in [-0.4, -0.2) is 37.4 Å². The zero-order chi connectivity index (χ0) is 15.6. The molecule has 20 heavy (non-hydrogen) atoms. The van der Waals surface area contributed by atoms with Gasteiger partial charge in [0.15, 0.2) is 9.84 Å². The molecule has 0 spiro atoms. The number of carboxylic acid groups (broad SMARTS) is 1. The summed E-state index contributed by atoms with van der Waals surface area (Å²) >= 11 is 0. The third kappa shape index (κ3) is 4.50. The number of sulfone groups is 1. The van der Waals surface area contributed by atoms with Crippen LogP contribution in [0.3, 0.4) is 0 Å². The quantitative estimate of drug-likeness (QED) is 0.813. The van der Waals surface area contributed by atoms with Gasteiger partial charge < -0.3 is 15.6 Å². The largest absolute Gasteiger partial charge is 0.491 e. The van der Waals surface area contributed by atoms with Gasteiger partial charge >= 0.3 is 5.97 Å². The lowest BCUT2D eigenvalue weighted by atomic mass is 9.96. The number of hydrogen-bond donors (Lipinski definition) is 2. The first-order chi connectivity index (χ1) is 9.02. The second-order valence-corrected chi connectivity index (χ2v) is 7.12. The maximum atomic E-state index is 11.4. The van der Waals surface area contributed by atoms with Gasteiger partial charge in [-0.25, -0.2) is 8.42 Å². The number of aliphatic carboxylic acids is 1. The summed E-state index contributed by atoms with van der Waals surface area (Å²) in [6.45, 7) is 3.09. The first-order valence-electron chi connectivity index (χ1n) is 6.01. The van der Waals surface area contributed by atoms with Crippen molar-refractivity contribution in [2.45, 2.75) is 36.8 Å². The molecule has 0 aliphatic carbocycles. The number of nitrogens with two attached hydrogens (primary N) is 1. The molecular formula is C13H19NO5S. The molecule has 3 N–H and O–H groups in total. The minimum absolute atomic E-state index is 0.103. The van der Waals surface area contributed by atoms with Crippen LogP contribution in [0.15, 0.2) is 29.2 Å². The average Bonchev–Trinajstić information content (AvgIpc) is 2.26. The molecule has 0 radical (unpaired) electrons. The first kappa shape index (κ1) is 16.5. The summed E-state index contributed by atoms with van der Waals surface area (Å²) in [5, 5.41) is 8.95. The highest BCUT2D eigenvalue weighted by Crippen LogP contribution is 2.21. The Hall–Kier alpha value is -1.60. The topological polar surface area (TPSA) is 107 Å². The summed E-state index contributed by atoms with van der Waals surface area (Å²) < 4.78 is 28.4. The molecule has 0 heterocycles. The first-order valence-corrected chi connectivity index (χ1v) is 7.90. The van der Waals surface area contributed by atoms with Crippen LogP contribution in [0.4, 0.5) is 0 Å². The smallest absolute Gasteiger partial charge is 0.323 e. The Morgan fingerprint density at radius 2 is 2.10 bits per heavy atom. The van der Waals surface area contributed by atoms with Gasteiger partial charge in [0.25, 0.3) is 0 Å². The van der Waals surface area contributed by atoms with E-state index in [1.807, 2.05) is 0 Å². The second-order valence-electron chi connectivity index (χ2n) is 5.10. The molecule has 1 aromatic carbocycles. The molecule has 0 saturated carbocycles. The maximum Gasteiger partial charge on any atom is 0.323 e. The lowest BCUT2D eigenvalue weighted by Crippen LogP contribution is -2.47. The fraction of sp³-hybridized carbons (Fsp3) is 0.462. The molecule has 2 unspecified atom stereocenters. The van der Waals surface area contributed by atoms with Crippen LogP contribution in [0.1, 0.15) is 20.3 Å². The van der Waals surface area contributed by atoms with E-state index in [0.29, 0.717) is 5.75 Å². The molecule has 7 heteroatoms. The molecule has 1 rings (SSSR count). The van der Waals surface area contributed by atoms with E-state index in [1.54, 1.807) is 19.1 Å². The van der Waals surface area contributed by atoms with Gasteiger partial charge in [0, 0.05) is 12.7 Å². The fourth-order valence-corrected chi connectivity index (χ4v) is 2.39. The number of hydrogen-bond acceptors (Lipinski definition) is 5. The molecule has 0 aliphatic heterocycles. The Kier molecular flexibility index (Phi) is 4.77. The van der Waals surface area contributed by atoms with Gasteiger partial charge in [-0.1, -0.05) is 6.07 Å². The highest BCUT2D eigenvalue weighted by atomic mass is 32.2. The van der Waals surface area contributed by atoms with Crippen LogP contribution in [0.25, 0.3) is 0 Å². The normalized spacial score (nSPS) is 16.2. The Morgan fingerprint density at radius 1 is 1.50 bits per heavy atom. The van der Waals surface area contributed by atoms with Crippen molar-refractivity contribution in [1.29, 1.82) is 0 Å². The zero-order valence-corrected chi connectivity index (χ0v) is 12.5. The van der Waals surface area contributed by atoms with Crippen LogP contribution in [-0.2, 0) is 14.6 Å². The molecule has 0 fully saturated rings. The van der Waals surface area contributed by atoms with E-state index >= 15 is 0 Å². The van der Waals surface area contributed by atoms with Crippen molar-refractivity contribution in [2.75, 3.05) is 6.26 Å². The van der Waals surface area contributed by atoms with Crippen molar-refractivity contribution in [3.8, 4) is 5.75 Å². The van der Waals surface area contributed by atoms with Crippen molar-refractivity contribution in [2.24, 2.45) is 5.73 Å². The fourth-order valence-electron chi connectivity index (χ4n) is 1.74. The third-order valence-electron chi connectivity index (χ3n) is 2.77.